The minimum absolute atomic E-state index is 0.0847. The molecule has 1 aromatic rings. The summed E-state index contributed by atoms with van der Waals surface area (Å²) in [5.74, 6) is 1.57. The van der Waals surface area contributed by atoms with Gasteiger partial charge < -0.3 is 9.80 Å². The van der Waals surface area contributed by atoms with Gasteiger partial charge in [0, 0.05) is 30.9 Å². The molecular formula is C22H28N2O2. The van der Waals surface area contributed by atoms with Crippen LogP contribution in [-0.2, 0) is 11.2 Å². The minimum Gasteiger partial charge on any atom is -0.338 e. The van der Waals surface area contributed by atoms with Gasteiger partial charge in [0.2, 0.25) is 5.91 Å². The van der Waals surface area contributed by atoms with Gasteiger partial charge in [0.05, 0.1) is 0 Å². The number of benzene rings is 1. The van der Waals surface area contributed by atoms with Crippen LogP contribution in [0.25, 0.3) is 0 Å². The van der Waals surface area contributed by atoms with Crippen molar-refractivity contribution >= 4 is 17.5 Å². The molecule has 0 N–H and O–H groups in total. The standard InChI is InChI=1S/C22H28N2O2/c1-2-21(25)24-13-6-10-18-19(9-5-11-20(18)24)22(26)23-14-12-16-7-3-4-8-17(16)15-23/h2,5,9,11,16-17H,1,3-4,6-8,10,12-15H2. The third-order valence-electron chi connectivity index (χ3n) is 6.50. The first-order valence-corrected chi connectivity index (χ1v) is 10.0. The summed E-state index contributed by atoms with van der Waals surface area (Å²) < 4.78 is 0. The Kier molecular flexibility index (Phi) is 4.84. The number of amides is 2. The second kappa shape index (κ2) is 7.26. The maximum absolute atomic E-state index is 13.3. The van der Waals surface area contributed by atoms with E-state index in [1.165, 1.54) is 31.8 Å². The molecule has 138 valence electrons. The molecule has 26 heavy (non-hydrogen) atoms. The fourth-order valence-corrected chi connectivity index (χ4v) is 5.12. The van der Waals surface area contributed by atoms with E-state index in [0.29, 0.717) is 12.5 Å². The van der Waals surface area contributed by atoms with E-state index in [9.17, 15) is 9.59 Å². The number of hydrogen-bond donors (Lipinski definition) is 0. The van der Waals surface area contributed by atoms with Crippen molar-refractivity contribution in [2.45, 2.75) is 44.9 Å². The van der Waals surface area contributed by atoms with Crippen molar-refractivity contribution in [3.05, 3.63) is 42.0 Å². The molecule has 1 saturated carbocycles. The molecule has 4 heteroatoms. The van der Waals surface area contributed by atoms with Crippen LogP contribution in [0, 0.1) is 11.8 Å². The van der Waals surface area contributed by atoms with Crippen LogP contribution in [0.5, 0.6) is 0 Å². The third-order valence-corrected chi connectivity index (χ3v) is 6.50. The number of nitrogens with zero attached hydrogens (tertiary/aromatic N) is 2. The van der Waals surface area contributed by atoms with E-state index in [-0.39, 0.29) is 11.8 Å². The van der Waals surface area contributed by atoms with Crippen molar-refractivity contribution in [2.24, 2.45) is 11.8 Å². The van der Waals surface area contributed by atoms with Gasteiger partial charge in [-0.15, -0.1) is 0 Å². The number of likely N-dealkylation sites (tertiary alicyclic amines) is 1. The lowest BCUT2D eigenvalue weighted by atomic mass is 9.75. The molecule has 2 unspecified atom stereocenters. The highest BCUT2D eigenvalue weighted by Crippen LogP contribution is 2.37. The van der Waals surface area contributed by atoms with E-state index in [1.807, 2.05) is 18.2 Å². The second-order valence-corrected chi connectivity index (χ2v) is 7.95. The SMILES string of the molecule is C=CC(=O)N1CCCc2c(C(=O)N3CCC4CCCCC4C3)cccc21. The highest BCUT2D eigenvalue weighted by molar-refractivity contribution is 6.04. The van der Waals surface area contributed by atoms with E-state index in [0.717, 1.165) is 55.1 Å². The zero-order valence-corrected chi connectivity index (χ0v) is 15.5. The third kappa shape index (κ3) is 3.06. The van der Waals surface area contributed by atoms with Crippen molar-refractivity contribution < 1.29 is 9.59 Å². The summed E-state index contributed by atoms with van der Waals surface area (Å²) in [5.41, 5.74) is 2.71. The van der Waals surface area contributed by atoms with Crippen molar-refractivity contribution in [3.63, 3.8) is 0 Å². The molecular weight excluding hydrogens is 324 g/mol. The fraction of sp³-hybridized carbons (Fsp3) is 0.545. The minimum atomic E-state index is -0.0847. The molecule has 2 fully saturated rings. The summed E-state index contributed by atoms with van der Waals surface area (Å²) in [6.07, 6.45) is 9.52. The predicted octanol–water partition coefficient (Wildman–Crippen LogP) is 3.80. The molecule has 2 atom stereocenters. The largest absolute Gasteiger partial charge is 0.338 e. The Labute approximate surface area is 155 Å². The Balaban J connectivity index is 1.59. The molecule has 0 bridgehead atoms. The van der Waals surface area contributed by atoms with E-state index in [1.54, 1.807) is 4.90 Å². The molecule has 2 amide bonds. The van der Waals surface area contributed by atoms with E-state index < -0.39 is 0 Å². The van der Waals surface area contributed by atoms with Crippen LogP contribution >= 0.6 is 0 Å². The van der Waals surface area contributed by atoms with Gasteiger partial charge in [0.15, 0.2) is 0 Å². The molecule has 0 spiro atoms. The molecule has 2 aliphatic heterocycles. The number of carbonyl (C=O) groups excluding carboxylic acids is 2. The molecule has 0 aromatic heterocycles. The number of piperidine rings is 1. The lowest BCUT2D eigenvalue weighted by Gasteiger charge is -2.41. The van der Waals surface area contributed by atoms with Crippen LogP contribution in [0.4, 0.5) is 5.69 Å². The van der Waals surface area contributed by atoms with Crippen LogP contribution in [0.1, 0.15) is 54.4 Å². The van der Waals surface area contributed by atoms with Crippen LogP contribution in [-0.4, -0.2) is 36.3 Å². The highest BCUT2D eigenvalue weighted by atomic mass is 16.2. The Morgan fingerprint density at radius 3 is 2.65 bits per heavy atom. The quantitative estimate of drug-likeness (QED) is 0.760. The van der Waals surface area contributed by atoms with Gasteiger partial charge in [-0.1, -0.05) is 31.9 Å². The highest BCUT2D eigenvalue weighted by Gasteiger charge is 2.34. The van der Waals surface area contributed by atoms with Crippen LogP contribution in [0.15, 0.2) is 30.9 Å². The van der Waals surface area contributed by atoms with E-state index >= 15 is 0 Å². The second-order valence-electron chi connectivity index (χ2n) is 7.95. The van der Waals surface area contributed by atoms with Gasteiger partial charge in [-0.25, -0.2) is 0 Å². The first kappa shape index (κ1) is 17.3. The Morgan fingerprint density at radius 2 is 1.85 bits per heavy atom. The summed E-state index contributed by atoms with van der Waals surface area (Å²) in [5, 5.41) is 0. The summed E-state index contributed by atoms with van der Waals surface area (Å²) in [6, 6.07) is 5.81. The zero-order valence-electron chi connectivity index (χ0n) is 15.5. The predicted molar refractivity (Wildman–Crippen MR) is 103 cm³/mol. The van der Waals surface area contributed by atoms with Crippen molar-refractivity contribution in [1.82, 2.24) is 4.90 Å². The van der Waals surface area contributed by atoms with Gasteiger partial charge in [0.1, 0.15) is 0 Å². The first-order valence-electron chi connectivity index (χ1n) is 10.0. The number of carbonyl (C=O) groups is 2. The van der Waals surface area contributed by atoms with Gasteiger partial charge in [-0.3, -0.25) is 9.59 Å². The average Bonchev–Trinajstić information content (AvgIpc) is 2.71. The van der Waals surface area contributed by atoms with Crippen molar-refractivity contribution in [1.29, 1.82) is 0 Å². The Bertz CT molecular complexity index is 727. The summed E-state index contributed by atoms with van der Waals surface area (Å²) in [4.78, 5) is 29.3. The van der Waals surface area contributed by atoms with Gasteiger partial charge in [-0.05, 0) is 61.3 Å². The molecule has 2 heterocycles. The lowest BCUT2D eigenvalue weighted by molar-refractivity contribution is -0.114. The normalized spacial score (nSPS) is 25.2. The summed E-state index contributed by atoms with van der Waals surface area (Å²) in [7, 11) is 0. The molecule has 1 saturated heterocycles. The maximum atomic E-state index is 13.3. The molecule has 3 aliphatic rings. The molecule has 4 rings (SSSR count). The molecule has 4 nitrogen and oxygen atoms in total. The van der Waals surface area contributed by atoms with Gasteiger partial charge >= 0.3 is 0 Å². The first-order chi connectivity index (χ1) is 12.7. The van der Waals surface area contributed by atoms with E-state index in [4.69, 9.17) is 0 Å². The van der Waals surface area contributed by atoms with Crippen LogP contribution in [0.3, 0.4) is 0 Å². The number of anilines is 1. The summed E-state index contributed by atoms with van der Waals surface area (Å²) >= 11 is 0. The van der Waals surface area contributed by atoms with E-state index in [2.05, 4.69) is 11.5 Å². The fourth-order valence-electron chi connectivity index (χ4n) is 5.12. The number of fused-ring (bicyclic) bond motifs is 2. The molecule has 1 aromatic carbocycles. The Hall–Kier alpha value is -2.10. The van der Waals surface area contributed by atoms with Gasteiger partial charge in [0.25, 0.3) is 5.91 Å². The zero-order chi connectivity index (χ0) is 18.1. The average molecular weight is 352 g/mol. The number of rotatable bonds is 2. The van der Waals surface area contributed by atoms with Crippen molar-refractivity contribution in [2.75, 3.05) is 24.5 Å². The van der Waals surface area contributed by atoms with Gasteiger partial charge in [-0.2, -0.15) is 0 Å². The topological polar surface area (TPSA) is 40.6 Å². The van der Waals surface area contributed by atoms with Crippen LogP contribution in [0.2, 0.25) is 0 Å². The molecule has 1 aliphatic carbocycles. The number of hydrogen-bond acceptors (Lipinski definition) is 2. The molecule has 0 radical (unpaired) electrons. The summed E-state index contributed by atoms with van der Waals surface area (Å²) in [6.45, 7) is 6.09. The maximum Gasteiger partial charge on any atom is 0.254 e. The van der Waals surface area contributed by atoms with Crippen molar-refractivity contribution in [3.8, 4) is 0 Å². The van der Waals surface area contributed by atoms with Crippen LogP contribution < -0.4 is 4.90 Å². The lowest BCUT2D eigenvalue weighted by Crippen LogP contribution is -2.45. The smallest absolute Gasteiger partial charge is 0.254 e. The Morgan fingerprint density at radius 1 is 1.04 bits per heavy atom. The monoisotopic (exact) mass is 352 g/mol.